The normalized spacial score (nSPS) is 10.7. The summed E-state index contributed by atoms with van der Waals surface area (Å²) in [4.78, 5) is 4.49. The van der Waals surface area contributed by atoms with Crippen LogP contribution in [0.5, 0.6) is 0 Å². The number of aromatic nitrogens is 3. The van der Waals surface area contributed by atoms with Gasteiger partial charge in [-0.15, -0.1) is 10.2 Å². The molecule has 2 rings (SSSR count). The van der Waals surface area contributed by atoms with Crippen LogP contribution in [0.15, 0.2) is 30.3 Å². The zero-order valence-electron chi connectivity index (χ0n) is 11.2. The van der Waals surface area contributed by atoms with Crippen LogP contribution >= 0.6 is 0 Å². The summed E-state index contributed by atoms with van der Waals surface area (Å²) in [5, 5.41) is 20.5. The van der Waals surface area contributed by atoms with Crippen LogP contribution in [0.2, 0.25) is 0 Å². The van der Waals surface area contributed by atoms with Crippen molar-refractivity contribution in [2.75, 3.05) is 18.5 Å². The molecule has 0 aliphatic carbocycles. The summed E-state index contributed by atoms with van der Waals surface area (Å²) in [7, 11) is 0. The van der Waals surface area contributed by atoms with E-state index in [2.05, 4.69) is 20.5 Å². The molecule has 0 saturated heterocycles. The minimum absolute atomic E-state index is 0.0508. The highest BCUT2D eigenvalue weighted by molar-refractivity contribution is 5.70. The first-order valence-corrected chi connectivity index (χ1v) is 6.37. The lowest BCUT2D eigenvalue weighted by Crippen LogP contribution is -2.12. The second-order valence-corrected chi connectivity index (χ2v) is 4.54. The maximum atomic E-state index is 8.94. The maximum Gasteiger partial charge on any atom is 0.156 e. The fourth-order valence-electron chi connectivity index (χ4n) is 1.67. The van der Waals surface area contributed by atoms with Crippen LogP contribution in [0, 0.1) is 0 Å². The van der Waals surface area contributed by atoms with Crippen LogP contribution in [0.3, 0.4) is 0 Å². The van der Waals surface area contributed by atoms with Crippen LogP contribution < -0.4 is 5.32 Å². The van der Waals surface area contributed by atoms with Crippen molar-refractivity contribution in [1.29, 1.82) is 0 Å². The number of aliphatic hydroxyl groups is 1. The summed E-state index contributed by atoms with van der Waals surface area (Å²) in [5.41, 5.74) is 1.66. The standard InChI is InChI=1S/C14H18N4O/c1-10(2)13-16-14(15-8-9-19)12(17-18-13)11-6-4-3-5-7-11/h3-7,10,19H,8-9H2,1-2H3,(H,15,16,18). The van der Waals surface area contributed by atoms with E-state index in [1.807, 2.05) is 44.2 Å². The highest BCUT2D eigenvalue weighted by Gasteiger charge is 2.12. The monoisotopic (exact) mass is 258 g/mol. The number of nitrogens with zero attached hydrogens (tertiary/aromatic N) is 3. The van der Waals surface area contributed by atoms with Gasteiger partial charge in [-0.05, 0) is 0 Å². The van der Waals surface area contributed by atoms with Crippen LogP contribution in [-0.2, 0) is 0 Å². The summed E-state index contributed by atoms with van der Waals surface area (Å²) in [6, 6.07) is 9.77. The van der Waals surface area contributed by atoms with Gasteiger partial charge in [0.05, 0.1) is 6.61 Å². The van der Waals surface area contributed by atoms with E-state index in [1.165, 1.54) is 0 Å². The molecule has 19 heavy (non-hydrogen) atoms. The maximum absolute atomic E-state index is 8.94. The molecule has 0 aliphatic rings. The van der Waals surface area contributed by atoms with Gasteiger partial charge in [-0.25, -0.2) is 4.98 Å². The van der Waals surface area contributed by atoms with Gasteiger partial charge in [0.2, 0.25) is 0 Å². The van der Waals surface area contributed by atoms with Gasteiger partial charge < -0.3 is 10.4 Å². The SMILES string of the molecule is CC(C)c1nnc(-c2ccccc2)c(NCCO)n1. The molecule has 0 saturated carbocycles. The number of aliphatic hydroxyl groups excluding tert-OH is 1. The number of nitrogens with one attached hydrogen (secondary N) is 1. The third kappa shape index (κ3) is 3.26. The summed E-state index contributed by atoms with van der Waals surface area (Å²) in [6.45, 7) is 4.54. The Kier molecular flexibility index (Phi) is 4.41. The zero-order chi connectivity index (χ0) is 13.7. The van der Waals surface area contributed by atoms with Gasteiger partial charge >= 0.3 is 0 Å². The lowest BCUT2D eigenvalue weighted by atomic mass is 10.1. The average Bonchev–Trinajstić information content (AvgIpc) is 2.45. The predicted octanol–water partition coefficient (Wildman–Crippen LogP) is 2.07. The van der Waals surface area contributed by atoms with Gasteiger partial charge in [-0.3, -0.25) is 0 Å². The van der Waals surface area contributed by atoms with E-state index in [0.717, 1.165) is 5.56 Å². The smallest absolute Gasteiger partial charge is 0.156 e. The van der Waals surface area contributed by atoms with Crippen molar-refractivity contribution in [3.63, 3.8) is 0 Å². The molecule has 0 bridgehead atoms. The second-order valence-electron chi connectivity index (χ2n) is 4.54. The van der Waals surface area contributed by atoms with E-state index < -0.39 is 0 Å². The van der Waals surface area contributed by atoms with Crippen LogP contribution in [0.4, 0.5) is 5.82 Å². The summed E-state index contributed by atoms with van der Waals surface area (Å²) < 4.78 is 0. The molecule has 2 aromatic rings. The fraction of sp³-hybridized carbons (Fsp3) is 0.357. The highest BCUT2D eigenvalue weighted by Crippen LogP contribution is 2.24. The summed E-state index contributed by atoms with van der Waals surface area (Å²) in [6.07, 6.45) is 0. The van der Waals surface area contributed by atoms with Gasteiger partial charge in [0.15, 0.2) is 11.6 Å². The van der Waals surface area contributed by atoms with E-state index in [4.69, 9.17) is 5.11 Å². The first-order valence-electron chi connectivity index (χ1n) is 6.37. The first kappa shape index (κ1) is 13.4. The Morgan fingerprint density at radius 2 is 1.89 bits per heavy atom. The van der Waals surface area contributed by atoms with Crippen molar-refractivity contribution >= 4 is 5.82 Å². The molecule has 100 valence electrons. The lowest BCUT2D eigenvalue weighted by Gasteiger charge is -2.11. The molecule has 1 aromatic heterocycles. The molecule has 5 nitrogen and oxygen atoms in total. The van der Waals surface area contributed by atoms with Crippen LogP contribution in [0.1, 0.15) is 25.6 Å². The first-order chi connectivity index (χ1) is 9.22. The van der Waals surface area contributed by atoms with Gasteiger partial charge in [0.25, 0.3) is 0 Å². The Labute approximate surface area is 112 Å². The summed E-state index contributed by atoms with van der Waals surface area (Å²) in [5.74, 6) is 1.58. The minimum atomic E-state index is 0.0508. The molecule has 2 N–H and O–H groups in total. The third-order valence-corrected chi connectivity index (χ3v) is 2.67. The van der Waals surface area contributed by atoms with E-state index in [-0.39, 0.29) is 12.5 Å². The Morgan fingerprint density at radius 1 is 1.16 bits per heavy atom. The molecule has 0 radical (unpaired) electrons. The van der Waals surface area contributed by atoms with Crippen molar-refractivity contribution < 1.29 is 5.11 Å². The molecule has 1 heterocycles. The van der Waals surface area contributed by atoms with E-state index in [9.17, 15) is 0 Å². The number of benzene rings is 1. The van der Waals surface area contributed by atoms with E-state index in [0.29, 0.717) is 23.9 Å². The molecule has 0 amide bonds. The number of rotatable bonds is 5. The molecule has 0 spiro atoms. The van der Waals surface area contributed by atoms with Crippen molar-refractivity contribution in [2.45, 2.75) is 19.8 Å². The molecule has 0 aliphatic heterocycles. The van der Waals surface area contributed by atoms with Crippen molar-refractivity contribution in [3.05, 3.63) is 36.2 Å². The molecular weight excluding hydrogens is 240 g/mol. The molecule has 5 heteroatoms. The summed E-state index contributed by atoms with van der Waals surface area (Å²) >= 11 is 0. The average molecular weight is 258 g/mol. The van der Waals surface area contributed by atoms with Crippen LogP contribution in [-0.4, -0.2) is 33.4 Å². The third-order valence-electron chi connectivity index (χ3n) is 2.67. The predicted molar refractivity (Wildman–Crippen MR) is 74.9 cm³/mol. The van der Waals surface area contributed by atoms with Gasteiger partial charge in [-0.1, -0.05) is 44.2 Å². The second kappa shape index (κ2) is 6.24. The van der Waals surface area contributed by atoms with Gasteiger partial charge in [0, 0.05) is 18.0 Å². The Bertz CT molecular complexity index is 528. The topological polar surface area (TPSA) is 70.9 Å². The highest BCUT2D eigenvalue weighted by atomic mass is 16.3. The zero-order valence-corrected chi connectivity index (χ0v) is 11.2. The Morgan fingerprint density at radius 3 is 2.53 bits per heavy atom. The molecular formula is C14H18N4O. The lowest BCUT2D eigenvalue weighted by molar-refractivity contribution is 0.311. The van der Waals surface area contributed by atoms with Crippen molar-refractivity contribution in [2.24, 2.45) is 0 Å². The molecule has 0 unspecified atom stereocenters. The van der Waals surface area contributed by atoms with E-state index in [1.54, 1.807) is 0 Å². The largest absolute Gasteiger partial charge is 0.395 e. The van der Waals surface area contributed by atoms with Crippen LogP contribution in [0.25, 0.3) is 11.3 Å². The number of hydrogen-bond acceptors (Lipinski definition) is 5. The van der Waals surface area contributed by atoms with Gasteiger partial charge in [-0.2, -0.15) is 0 Å². The van der Waals surface area contributed by atoms with Crippen molar-refractivity contribution in [1.82, 2.24) is 15.2 Å². The Hall–Kier alpha value is -2.01. The fourth-order valence-corrected chi connectivity index (χ4v) is 1.67. The number of anilines is 1. The van der Waals surface area contributed by atoms with Crippen molar-refractivity contribution in [3.8, 4) is 11.3 Å². The number of hydrogen-bond donors (Lipinski definition) is 2. The molecule has 1 aromatic carbocycles. The quantitative estimate of drug-likeness (QED) is 0.859. The van der Waals surface area contributed by atoms with Gasteiger partial charge in [0.1, 0.15) is 5.69 Å². The Balaban J connectivity index is 2.41. The molecule has 0 fully saturated rings. The molecule has 0 atom stereocenters. The van der Waals surface area contributed by atoms with E-state index >= 15 is 0 Å². The minimum Gasteiger partial charge on any atom is -0.395 e.